The summed E-state index contributed by atoms with van der Waals surface area (Å²) in [6.45, 7) is 2.13. The largest absolute Gasteiger partial charge is 0.497 e. The maximum atomic E-state index is 6.27. The van der Waals surface area contributed by atoms with Crippen LogP contribution in [0.3, 0.4) is 0 Å². The second kappa shape index (κ2) is 6.17. The fourth-order valence-electron chi connectivity index (χ4n) is 1.62. The van der Waals surface area contributed by atoms with Gasteiger partial charge in [-0.15, -0.1) is 0 Å². The third kappa shape index (κ3) is 3.21. The number of hydrogen-bond acceptors (Lipinski definition) is 2. The minimum absolute atomic E-state index is 0.815. The summed E-state index contributed by atoms with van der Waals surface area (Å²) in [6.07, 6.45) is 1.01. The predicted molar refractivity (Wildman–Crippen MR) is 77.9 cm³/mol. The Morgan fingerprint density at radius 1 is 1.11 bits per heavy atom. The van der Waals surface area contributed by atoms with Crippen molar-refractivity contribution in [3.8, 4) is 5.75 Å². The van der Waals surface area contributed by atoms with Gasteiger partial charge >= 0.3 is 0 Å². The maximum absolute atomic E-state index is 6.27. The number of hydrogen-bond donors (Lipinski definition) is 0. The quantitative estimate of drug-likeness (QED) is 0.773. The molecule has 2 rings (SSSR count). The Balaban J connectivity index is 2.17. The van der Waals surface area contributed by atoms with E-state index in [-0.39, 0.29) is 0 Å². The van der Waals surface area contributed by atoms with Crippen molar-refractivity contribution in [2.24, 2.45) is 0 Å². The Kier molecular flexibility index (Phi) is 4.56. The van der Waals surface area contributed by atoms with E-state index in [2.05, 4.69) is 19.1 Å². The second-order valence-corrected chi connectivity index (χ2v) is 5.42. The van der Waals surface area contributed by atoms with Crippen LogP contribution in [-0.2, 0) is 6.42 Å². The highest BCUT2D eigenvalue weighted by Gasteiger charge is 2.04. The molecule has 0 aliphatic carbocycles. The second-order valence-electron chi connectivity index (χ2n) is 3.90. The number of methoxy groups -OCH3 is 1. The Morgan fingerprint density at radius 3 is 2.39 bits per heavy atom. The van der Waals surface area contributed by atoms with E-state index in [9.17, 15) is 0 Å². The van der Waals surface area contributed by atoms with E-state index < -0.39 is 0 Å². The third-order valence-corrected chi connectivity index (χ3v) is 4.20. The van der Waals surface area contributed by atoms with Crippen LogP contribution in [0.4, 0.5) is 0 Å². The molecule has 0 unspecified atom stereocenters. The molecular formula is C15H15ClOS. The lowest BCUT2D eigenvalue weighted by Gasteiger charge is -2.06. The molecule has 0 aromatic heterocycles. The molecule has 0 spiro atoms. The van der Waals surface area contributed by atoms with Crippen molar-refractivity contribution in [2.45, 2.75) is 23.1 Å². The summed E-state index contributed by atoms with van der Waals surface area (Å²) in [5.74, 6) is 0.867. The molecule has 0 saturated carbocycles. The van der Waals surface area contributed by atoms with Crippen LogP contribution in [0.1, 0.15) is 12.5 Å². The fraction of sp³-hybridized carbons (Fsp3) is 0.200. The number of benzene rings is 2. The Hall–Kier alpha value is -1.12. The van der Waals surface area contributed by atoms with Gasteiger partial charge in [-0.3, -0.25) is 0 Å². The SMILES string of the molecule is CCc1ccc(Sc2ccc(OC)cc2)c(Cl)c1. The predicted octanol–water partition coefficient (Wildman–Crippen LogP) is 5.06. The lowest BCUT2D eigenvalue weighted by Crippen LogP contribution is -1.83. The Morgan fingerprint density at radius 2 is 1.83 bits per heavy atom. The van der Waals surface area contributed by atoms with Gasteiger partial charge in [0.2, 0.25) is 0 Å². The third-order valence-electron chi connectivity index (χ3n) is 2.69. The molecule has 18 heavy (non-hydrogen) atoms. The first-order chi connectivity index (χ1) is 8.72. The standard InChI is InChI=1S/C15H15ClOS/c1-3-11-4-9-15(14(16)10-11)18-13-7-5-12(17-2)6-8-13/h4-10H,3H2,1-2H3. The maximum Gasteiger partial charge on any atom is 0.118 e. The molecule has 0 amide bonds. The van der Waals surface area contributed by atoms with Crippen molar-refractivity contribution in [1.82, 2.24) is 0 Å². The zero-order chi connectivity index (χ0) is 13.0. The van der Waals surface area contributed by atoms with Crippen molar-refractivity contribution >= 4 is 23.4 Å². The normalized spacial score (nSPS) is 10.4. The highest BCUT2D eigenvalue weighted by Crippen LogP contribution is 2.34. The molecule has 1 nitrogen and oxygen atoms in total. The van der Waals surface area contributed by atoms with Gasteiger partial charge in [0.25, 0.3) is 0 Å². The van der Waals surface area contributed by atoms with E-state index in [1.807, 2.05) is 30.3 Å². The summed E-state index contributed by atoms with van der Waals surface area (Å²) in [5.41, 5.74) is 1.26. The van der Waals surface area contributed by atoms with Crippen molar-refractivity contribution in [1.29, 1.82) is 0 Å². The Labute approximate surface area is 117 Å². The molecule has 0 radical (unpaired) electrons. The zero-order valence-electron chi connectivity index (χ0n) is 10.4. The lowest BCUT2D eigenvalue weighted by atomic mass is 10.2. The lowest BCUT2D eigenvalue weighted by molar-refractivity contribution is 0.414. The van der Waals surface area contributed by atoms with Crippen LogP contribution in [0.15, 0.2) is 52.3 Å². The average molecular weight is 279 g/mol. The Bertz CT molecular complexity index is 523. The van der Waals surface area contributed by atoms with Crippen LogP contribution in [0, 0.1) is 0 Å². The van der Waals surface area contributed by atoms with Gasteiger partial charge in [0.15, 0.2) is 0 Å². The molecule has 2 aromatic carbocycles. The number of rotatable bonds is 4. The molecule has 94 valence electrons. The van der Waals surface area contributed by atoms with E-state index in [0.29, 0.717) is 0 Å². The van der Waals surface area contributed by atoms with Crippen LogP contribution in [-0.4, -0.2) is 7.11 Å². The van der Waals surface area contributed by atoms with Gasteiger partial charge in [-0.2, -0.15) is 0 Å². The van der Waals surface area contributed by atoms with E-state index in [0.717, 1.165) is 27.0 Å². The molecule has 0 bridgehead atoms. The highest BCUT2D eigenvalue weighted by molar-refractivity contribution is 7.99. The van der Waals surface area contributed by atoms with Gasteiger partial charge < -0.3 is 4.74 Å². The molecule has 0 aliphatic heterocycles. The van der Waals surface area contributed by atoms with Crippen molar-refractivity contribution in [3.05, 3.63) is 53.1 Å². The molecule has 0 aliphatic rings. The van der Waals surface area contributed by atoms with Crippen molar-refractivity contribution in [3.63, 3.8) is 0 Å². The van der Waals surface area contributed by atoms with E-state index in [1.54, 1.807) is 18.9 Å². The first-order valence-corrected chi connectivity index (χ1v) is 7.02. The first kappa shape index (κ1) is 13.3. The van der Waals surface area contributed by atoms with Gasteiger partial charge in [0, 0.05) is 9.79 Å². The van der Waals surface area contributed by atoms with Crippen LogP contribution in [0.5, 0.6) is 5.75 Å². The van der Waals surface area contributed by atoms with Crippen molar-refractivity contribution < 1.29 is 4.74 Å². The minimum Gasteiger partial charge on any atom is -0.497 e. The molecule has 0 N–H and O–H groups in total. The smallest absolute Gasteiger partial charge is 0.118 e. The van der Waals surface area contributed by atoms with E-state index >= 15 is 0 Å². The molecule has 0 saturated heterocycles. The number of aryl methyl sites for hydroxylation is 1. The highest BCUT2D eigenvalue weighted by atomic mass is 35.5. The monoisotopic (exact) mass is 278 g/mol. The average Bonchev–Trinajstić information content (AvgIpc) is 2.42. The summed E-state index contributed by atoms with van der Waals surface area (Å²) in [5, 5.41) is 0.815. The zero-order valence-corrected chi connectivity index (χ0v) is 12.0. The van der Waals surface area contributed by atoms with Crippen LogP contribution in [0.25, 0.3) is 0 Å². The summed E-state index contributed by atoms with van der Waals surface area (Å²) in [6, 6.07) is 14.2. The number of ether oxygens (including phenoxy) is 1. The van der Waals surface area contributed by atoms with Gasteiger partial charge in [-0.25, -0.2) is 0 Å². The van der Waals surface area contributed by atoms with Gasteiger partial charge in [-0.05, 0) is 48.4 Å². The molecular weight excluding hydrogens is 264 g/mol. The fourth-order valence-corrected chi connectivity index (χ4v) is 2.76. The molecule has 3 heteroatoms. The topological polar surface area (TPSA) is 9.23 Å². The first-order valence-electron chi connectivity index (χ1n) is 5.83. The van der Waals surface area contributed by atoms with Crippen LogP contribution in [0.2, 0.25) is 5.02 Å². The van der Waals surface area contributed by atoms with E-state index in [4.69, 9.17) is 16.3 Å². The van der Waals surface area contributed by atoms with Gasteiger partial charge in [0.1, 0.15) is 5.75 Å². The van der Waals surface area contributed by atoms with E-state index in [1.165, 1.54) is 5.56 Å². The molecule has 0 atom stereocenters. The van der Waals surface area contributed by atoms with Crippen LogP contribution < -0.4 is 4.74 Å². The number of halogens is 1. The molecule has 0 heterocycles. The molecule has 2 aromatic rings. The molecule has 0 fully saturated rings. The van der Waals surface area contributed by atoms with Crippen molar-refractivity contribution in [2.75, 3.05) is 7.11 Å². The summed E-state index contributed by atoms with van der Waals surface area (Å²) in [4.78, 5) is 2.24. The minimum atomic E-state index is 0.815. The summed E-state index contributed by atoms with van der Waals surface area (Å²) >= 11 is 7.94. The van der Waals surface area contributed by atoms with Gasteiger partial charge in [0.05, 0.1) is 12.1 Å². The summed E-state index contributed by atoms with van der Waals surface area (Å²) < 4.78 is 5.14. The van der Waals surface area contributed by atoms with Crippen LogP contribution >= 0.6 is 23.4 Å². The van der Waals surface area contributed by atoms with Gasteiger partial charge in [-0.1, -0.05) is 36.4 Å². The summed E-state index contributed by atoms with van der Waals surface area (Å²) in [7, 11) is 1.67.